The van der Waals surface area contributed by atoms with Crippen molar-refractivity contribution < 1.29 is 19.8 Å². The van der Waals surface area contributed by atoms with Gasteiger partial charge in [0.05, 0.1) is 11.1 Å². The number of aromatic carboxylic acids is 2. The number of anilines is 1. The SMILES string of the molecule is CCCCCCCCCCCNc1ccc(C(=O)O)c(C(=O)O)c1.[Na].[Na]. The number of unbranched alkanes of at least 4 members (excludes halogenated alkanes) is 8. The Hall–Kier alpha value is -0.0400. The number of carbonyl (C=O) groups is 2. The molecule has 1 aromatic rings. The van der Waals surface area contributed by atoms with Crippen LogP contribution in [0.25, 0.3) is 0 Å². The van der Waals surface area contributed by atoms with Gasteiger partial charge in [0.15, 0.2) is 0 Å². The van der Waals surface area contributed by atoms with E-state index in [1.807, 2.05) is 0 Å². The van der Waals surface area contributed by atoms with E-state index in [9.17, 15) is 9.59 Å². The Balaban J connectivity index is 0. The molecule has 0 amide bonds. The maximum Gasteiger partial charge on any atom is 0.336 e. The normalized spacial score (nSPS) is 9.73. The molecule has 1 rings (SSSR count). The van der Waals surface area contributed by atoms with Crippen molar-refractivity contribution in [1.29, 1.82) is 0 Å². The fourth-order valence-corrected chi connectivity index (χ4v) is 2.69. The van der Waals surface area contributed by atoms with Crippen LogP contribution < -0.4 is 5.32 Å². The van der Waals surface area contributed by atoms with E-state index >= 15 is 0 Å². The van der Waals surface area contributed by atoms with E-state index in [0.717, 1.165) is 19.4 Å². The number of benzene rings is 1. The number of hydrogen-bond donors (Lipinski definition) is 3. The van der Waals surface area contributed by atoms with E-state index in [1.165, 1.54) is 57.1 Å². The molecular weight excluding hydrogens is 352 g/mol. The van der Waals surface area contributed by atoms with Crippen LogP contribution in [0.15, 0.2) is 18.2 Å². The monoisotopic (exact) mass is 381 g/mol. The van der Waals surface area contributed by atoms with Crippen molar-refractivity contribution in [3.8, 4) is 0 Å². The van der Waals surface area contributed by atoms with E-state index in [-0.39, 0.29) is 70.2 Å². The van der Waals surface area contributed by atoms with Crippen LogP contribution >= 0.6 is 0 Å². The topological polar surface area (TPSA) is 86.6 Å². The Morgan fingerprint density at radius 3 is 1.81 bits per heavy atom. The Bertz CT molecular complexity index is 538. The molecule has 0 heterocycles. The van der Waals surface area contributed by atoms with Gasteiger partial charge in [-0.05, 0) is 24.6 Å². The molecule has 0 aliphatic carbocycles. The van der Waals surface area contributed by atoms with Crippen molar-refractivity contribution in [2.24, 2.45) is 0 Å². The second-order valence-corrected chi connectivity index (χ2v) is 6.13. The fraction of sp³-hybridized carbons (Fsp3) is 0.579. The molecule has 0 fully saturated rings. The van der Waals surface area contributed by atoms with Gasteiger partial charge in [0.1, 0.15) is 0 Å². The van der Waals surface area contributed by atoms with Crippen molar-refractivity contribution in [1.82, 2.24) is 0 Å². The summed E-state index contributed by atoms with van der Waals surface area (Å²) in [5.41, 5.74) is 0.285. The van der Waals surface area contributed by atoms with Crippen LogP contribution in [0.5, 0.6) is 0 Å². The molecule has 2 radical (unpaired) electrons. The maximum absolute atomic E-state index is 11.1. The summed E-state index contributed by atoms with van der Waals surface area (Å²) in [7, 11) is 0. The quantitative estimate of drug-likeness (QED) is 0.351. The van der Waals surface area contributed by atoms with Crippen LogP contribution in [0.1, 0.15) is 85.4 Å². The predicted octanol–water partition coefficient (Wildman–Crippen LogP) is 4.26. The average Bonchev–Trinajstić information content (AvgIpc) is 2.56. The molecule has 0 saturated heterocycles. The van der Waals surface area contributed by atoms with Gasteiger partial charge in [-0.2, -0.15) is 0 Å². The average molecular weight is 381 g/mol. The second-order valence-electron chi connectivity index (χ2n) is 6.13. The number of carboxylic acids is 2. The van der Waals surface area contributed by atoms with Crippen LogP contribution in [-0.4, -0.2) is 87.8 Å². The number of hydrogen-bond acceptors (Lipinski definition) is 3. The summed E-state index contributed by atoms with van der Waals surface area (Å²) in [4.78, 5) is 22.1. The third-order valence-corrected chi connectivity index (χ3v) is 4.09. The number of nitrogens with one attached hydrogen (secondary N) is 1. The Labute approximate surface area is 200 Å². The molecule has 0 aromatic heterocycles. The summed E-state index contributed by atoms with van der Waals surface area (Å²) in [6.07, 6.45) is 11.3. The van der Waals surface area contributed by atoms with Gasteiger partial charge in [0.2, 0.25) is 0 Å². The Morgan fingerprint density at radius 1 is 0.808 bits per heavy atom. The summed E-state index contributed by atoms with van der Waals surface area (Å²) in [6, 6.07) is 4.34. The molecule has 1 aromatic carbocycles. The van der Waals surface area contributed by atoms with E-state index < -0.39 is 11.9 Å². The molecular formula is C19H29NNa2O4. The molecule has 0 spiro atoms. The molecule has 136 valence electrons. The summed E-state index contributed by atoms with van der Waals surface area (Å²) in [5.74, 6) is -2.45. The minimum absolute atomic E-state index is 0. The van der Waals surface area contributed by atoms with Crippen LogP contribution in [0, 0.1) is 0 Å². The Kier molecular flexibility index (Phi) is 18.5. The van der Waals surface area contributed by atoms with Crippen LogP contribution in [0.4, 0.5) is 5.69 Å². The van der Waals surface area contributed by atoms with Gasteiger partial charge in [-0.1, -0.05) is 58.3 Å². The van der Waals surface area contributed by atoms with Crippen molar-refractivity contribution in [3.63, 3.8) is 0 Å². The van der Waals surface area contributed by atoms with E-state index in [0.29, 0.717) is 5.69 Å². The zero-order valence-electron chi connectivity index (χ0n) is 16.5. The van der Waals surface area contributed by atoms with Crippen LogP contribution in [0.3, 0.4) is 0 Å². The summed E-state index contributed by atoms with van der Waals surface area (Å²) >= 11 is 0. The summed E-state index contributed by atoms with van der Waals surface area (Å²) < 4.78 is 0. The largest absolute Gasteiger partial charge is 0.478 e. The molecule has 5 nitrogen and oxygen atoms in total. The zero-order valence-corrected chi connectivity index (χ0v) is 20.5. The van der Waals surface area contributed by atoms with E-state index in [4.69, 9.17) is 10.2 Å². The first-order valence-corrected chi connectivity index (χ1v) is 8.90. The van der Waals surface area contributed by atoms with Gasteiger partial charge in [0.25, 0.3) is 0 Å². The van der Waals surface area contributed by atoms with Gasteiger partial charge < -0.3 is 15.5 Å². The van der Waals surface area contributed by atoms with Crippen molar-refractivity contribution in [2.75, 3.05) is 11.9 Å². The number of carboxylic acid groups (broad SMARTS) is 2. The first kappa shape index (κ1) is 28.2. The van der Waals surface area contributed by atoms with Crippen LogP contribution in [0.2, 0.25) is 0 Å². The molecule has 7 heteroatoms. The second kappa shape index (κ2) is 17.1. The molecule has 0 bridgehead atoms. The summed E-state index contributed by atoms with van der Waals surface area (Å²) in [5, 5.41) is 21.2. The zero-order chi connectivity index (χ0) is 17.8. The first-order valence-electron chi connectivity index (χ1n) is 8.90. The first-order chi connectivity index (χ1) is 11.6. The minimum atomic E-state index is -1.22. The van der Waals surface area contributed by atoms with Crippen LogP contribution in [-0.2, 0) is 0 Å². The third-order valence-electron chi connectivity index (χ3n) is 4.09. The smallest absolute Gasteiger partial charge is 0.336 e. The fourth-order valence-electron chi connectivity index (χ4n) is 2.69. The molecule has 3 N–H and O–H groups in total. The van der Waals surface area contributed by atoms with Gasteiger partial charge in [0, 0.05) is 71.3 Å². The van der Waals surface area contributed by atoms with Crippen molar-refractivity contribution in [3.05, 3.63) is 29.3 Å². The van der Waals surface area contributed by atoms with Crippen molar-refractivity contribution in [2.45, 2.75) is 64.7 Å². The van der Waals surface area contributed by atoms with Gasteiger partial charge >= 0.3 is 11.9 Å². The molecule has 0 aliphatic rings. The predicted molar refractivity (Wildman–Crippen MR) is 108 cm³/mol. The van der Waals surface area contributed by atoms with E-state index in [1.54, 1.807) is 6.07 Å². The Morgan fingerprint density at radius 2 is 1.31 bits per heavy atom. The summed E-state index contributed by atoms with van der Waals surface area (Å²) in [6.45, 7) is 2.99. The van der Waals surface area contributed by atoms with Gasteiger partial charge in [-0.3, -0.25) is 0 Å². The molecule has 0 unspecified atom stereocenters. The van der Waals surface area contributed by atoms with E-state index in [2.05, 4.69) is 12.2 Å². The van der Waals surface area contributed by atoms with Gasteiger partial charge in [-0.15, -0.1) is 0 Å². The maximum atomic E-state index is 11.1. The van der Waals surface area contributed by atoms with Gasteiger partial charge in [-0.25, -0.2) is 9.59 Å². The standard InChI is InChI=1S/C19H29NO4.2Na/c1-2-3-4-5-6-7-8-9-10-13-20-15-11-12-16(18(21)22)17(14-15)19(23)24;;/h11-12,14,20H,2-10,13H2,1H3,(H,21,22)(H,23,24);;. The molecule has 0 saturated carbocycles. The minimum Gasteiger partial charge on any atom is -0.478 e. The third kappa shape index (κ3) is 11.6. The molecule has 26 heavy (non-hydrogen) atoms. The molecule has 0 atom stereocenters. The molecule has 0 aliphatic heterocycles. The van der Waals surface area contributed by atoms with Crippen molar-refractivity contribution >= 4 is 76.7 Å². The number of rotatable bonds is 13.